The van der Waals surface area contributed by atoms with Gasteiger partial charge in [0.25, 0.3) is 0 Å². The summed E-state index contributed by atoms with van der Waals surface area (Å²) < 4.78 is 0. The van der Waals surface area contributed by atoms with Crippen LogP contribution in [0.4, 0.5) is 0 Å². The second kappa shape index (κ2) is 4.37. The Balaban J connectivity index is 0. The minimum atomic E-state index is -0.528. The minimum absolute atomic E-state index is 0. The molecule has 0 spiro atoms. The van der Waals surface area contributed by atoms with E-state index >= 15 is 0 Å². The lowest BCUT2D eigenvalue weighted by molar-refractivity contribution is -0.106. The lowest BCUT2D eigenvalue weighted by atomic mass is 9.76. The van der Waals surface area contributed by atoms with Crippen molar-refractivity contribution in [3.8, 4) is 0 Å². The van der Waals surface area contributed by atoms with Crippen LogP contribution >= 0.6 is 0 Å². The molecule has 1 atom stereocenters. The zero-order valence-corrected chi connectivity index (χ0v) is 9.22. The van der Waals surface area contributed by atoms with E-state index < -0.39 is 5.60 Å². The second-order valence-corrected chi connectivity index (χ2v) is 4.36. The molecular formula is C9H24N2O2. The first-order valence-electron chi connectivity index (χ1n) is 4.31. The molecule has 1 heterocycles. The van der Waals surface area contributed by atoms with Crippen molar-refractivity contribution in [3.63, 3.8) is 0 Å². The summed E-state index contributed by atoms with van der Waals surface area (Å²) in [5.74, 6) is 0. The predicted molar refractivity (Wildman–Crippen MR) is 55.2 cm³/mol. The maximum absolute atomic E-state index is 10.0. The first-order valence-corrected chi connectivity index (χ1v) is 4.31. The van der Waals surface area contributed by atoms with Gasteiger partial charge in [0.15, 0.2) is 0 Å². The third-order valence-electron chi connectivity index (χ3n) is 3.43. The quantitative estimate of drug-likeness (QED) is 0.588. The molecule has 13 heavy (non-hydrogen) atoms. The summed E-state index contributed by atoms with van der Waals surface area (Å²) in [5.41, 5.74) is -0.606. The molecule has 1 aliphatic heterocycles. The van der Waals surface area contributed by atoms with E-state index in [1.54, 1.807) is 0 Å². The summed E-state index contributed by atoms with van der Waals surface area (Å²) in [5, 5.41) is 10.0. The van der Waals surface area contributed by atoms with E-state index in [2.05, 4.69) is 25.8 Å². The van der Waals surface area contributed by atoms with E-state index in [4.69, 9.17) is 0 Å². The van der Waals surface area contributed by atoms with Crippen LogP contribution in [-0.2, 0) is 0 Å². The first-order chi connectivity index (χ1) is 4.88. The van der Waals surface area contributed by atoms with Crippen LogP contribution in [0.25, 0.3) is 0 Å². The Hall–Kier alpha value is -0.160. The van der Waals surface area contributed by atoms with Gasteiger partial charge in [-0.05, 0) is 47.2 Å². The molecule has 4 heteroatoms. The highest BCUT2D eigenvalue weighted by Gasteiger charge is 2.44. The zero-order valence-electron chi connectivity index (χ0n) is 9.22. The summed E-state index contributed by atoms with van der Waals surface area (Å²) in [6, 6.07) is 0. The summed E-state index contributed by atoms with van der Waals surface area (Å²) >= 11 is 0. The molecule has 82 valence electrons. The molecule has 0 amide bonds. The summed E-state index contributed by atoms with van der Waals surface area (Å²) in [4.78, 5) is 2.23. The molecule has 1 rings (SSSR count). The van der Waals surface area contributed by atoms with Gasteiger partial charge in [-0.2, -0.15) is 0 Å². The van der Waals surface area contributed by atoms with Crippen LogP contribution in [0.5, 0.6) is 0 Å². The molecule has 0 bridgehead atoms. The Bertz CT molecular complexity index is 158. The van der Waals surface area contributed by atoms with E-state index in [1.807, 2.05) is 6.92 Å². The molecule has 0 saturated carbocycles. The first kappa shape index (κ1) is 15.3. The van der Waals surface area contributed by atoms with Gasteiger partial charge in [0.05, 0.1) is 5.60 Å². The van der Waals surface area contributed by atoms with Crippen LogP contribution in [-0.4, -0.2) is 40.2 Å². The van der Waals surface area contributed by atoms with Gasteiger partial charge in [0.2, 0.25) is 0 Å². The number of piperidine rings is 1. The van der Waals surface area contributed by atoms with E-state index in [0.717, 1.165) is 19.4 Å². The van der Waals surface area contributed by atoms with Crippen molar-refractivity contribution in [3.05, 3.63) is 0 Å². The van der Waals surface area contributed by atoms with Crippen molar-refractivity contribution in [1.82, 2.24) is 11.1 Å². The smallest absolute Gasteiger partial charge is 0.0797 e. The number of hydrogen-bond donors (Lipinski definition) is 2. The van der Waals surface area contributed by atoms with Crippen LogP contribution < -0.4 is 6.15 Å². The highest BCUT2D eigenvalue weighted by Crippen LogP contribution is 2.35. The predicted octanol–water partition coefficient (Wildman–Crippen LogP) is 0.579. The Labute approximate surface area is 80.8 Å². The van der Waals surface area contributed by atoms with Crippen LogP contribution in [0, 0.1) is 0 Å². The molecule has 0 radical (unpaired) electrons. The van der Waals surface area contributed by atoms with E-state index in [9.17, 15) is 5.11 Å². The van der Waals surface area contributed by atoms with Gasteiger partial charge < -0.3 is 16.7 Å². The van der Waals surface area contributed by atoms with Gasteiger partial charge in [-0.3, -0.25) is 4.90 Å². The zero-order chi connectivity index (χ0) is 8.70. The Kier molecular flexibility index (Phi) is 5.15. The molecular weight excluding hydrogens is 168 g/mol. The molecule has 0 aromatic rings. The largest absolute Gasteiger partial charge is 0.412 e. The lowest BCUT2D eigenvalue weighted by Crippen LogP contribution is -2.61. The Morgan fingerprint density at radius 1 is 1.23 bits per heavy atom. The average Bonchev–Trinajstić information content (AvgIpc) is 1.84. The summed E-state index contributed by atoms with van der Waals surface area (Å²) in [6.07, 6.45) is 2.03. The number of likely N-dealkylation sites (tertiary alicyclic amines) is 1. The van der Waals surface area contributed by atoms with E-state index in [-0.39, 0.29) is 17.2 Å². The molecule has 0 aromatic heterocycles. The third-order valence-corrected chi connectivity index (χ3v) is 3.43. The van der Waals surface area contributed by atoms with Gasteiger partial charge >= 0.3 is 0 Å². The summed E-state index contributed by atoms with van der Waals surface area (Å²) in [7, 11) is 2.08. The molecule has 1 unspecified atom stereocenters. The topological polar surface area (TPSA) is 90.0 Å². The number of likely N-dealkylation sites (N-methyl/N-ethyl adjacent to an activating group) is 1. The summed E-state index contributed by atoms with van der Waals surface area (Å²) in [6.45, 7) is 7.24. The van der Waals surface area contributed by atoms with E-state index in [1.165, 1.54) is 0 Å². The van der Waals surface area contributed by atoms with Crippen molar-refractivity contribution < 1.29 is 10.6 Å². The van der Waals surface area contributed by atoms with Gasteiger partial charge in [0.1, 0.15) is 0 Å². The lowest BCUT2D eigenvalue weighted by Gasteiger charge is -2.50. The SMILES string of the molecule is CN1CCCC(C)(O)C1(C)C.N.O. The monoisotopic (exact) mass is 192 g/mol. The van der Waals surface area contributed by atoms with Crippen LogP contribution in [0.1, 0.15) is 33.6 Å². The maximum Gasteiger partial charge on any atom is 0.0797 e. The number of hydrogen-bond acceptors (Lipinski definition) is 3. The number of nitrogens with zero attached hydrogens (tertiary/aromatic N) is 1. The molecule has 0 aromatic carbocycles. The van der Waals surface area contributed by atoms with Crippen molar-refractivity contribution in [2.24, 2.45) is 0 Å². The highest BCUT2D eigenvalue weighted by molar-refractivity contribution is 5.00. The Morgan fingerprint density at radius 2 is 1.69 bits per heavy atom. The number of aliphatic hydroxyl groups is 1. The standard InChI is InChI=1S/C9H19NO.H3N.H2O/c1-8(2)9(3,11)6-5-7-10(8)4;;/h11H,5-7H2,1-4H3;1H3;1H2. The van der Waals surface area contributed by atoms with Gasteiger partial charge in [0, 0.05) is 5.54 Å². The van der Waals surface area contributed by atoms with Crippen molar-refractivity contribution in [2.45, 2.75) is 44.8 Å². The molecule has 1 aliphatic rings. The van der Waals surface area contributed by atoms with E-state index in [0.29, 0.717) is 0 Å². The second-order valence-electron chi connectivity index (χ2n) is 4.36. The molecule has 4 nitrogen and oxygen atoms in total. The van der Waals surface area contributed by atoms with Crippen molar-refractivity contribution in [2.75, 3.05) is 13.6 Å². The fourth-order valence-electron chi connectivity index (χ4n) is 1.66. The van der Waals surface area contributed by atoms with Gasteiger partial charge in [-0.1, -0.05) is 0 Å². The Morgan fingerprint density at radius 3 is 2.00 bits per heavy atom. The van der Waals surface area contributed by atoms with Crippen LogP contribution in [0.3, 0.4) is 0 Å². The highest BCUT2D eigenvalue weighted by atomic mass is 16.3. The van der Waals surface area contributed by atoms with Gasteiger partial charge in [-0.25, -0.2) is 0 Å². The van der Waals surface area contributed by atoms with Crippen LogP contribution in [0.15, 0.2) is 0 Å². The molecule has 1 fully saturated rings. The van der Waals surface area contributed by atoms with Crippen molar-refractivity contribution in [1.29, 1.82) is 0 Å². The molecule has 1 saturated heterocycles. The maximum atomic E-state index is 10.0. The van der Waals surface area contributed by atoms with Gasteiger partial charge in [-0.15, -0.1) is 0 Å². The average molecular weight is 192 g/mol. The minimum Gasteiger partial charge on any atom is -0.412 e. The van der Waals surface area contributed by atoms with Crippen molar-refractivity contribution >= 4 is 0 Å². The fraction of sp³-hybridized carbons (Fsp3) is 1.00. The number of rotatable bonds is 0. The van der Waals surface area contributed by atoms with Crippen LogP contribution in [0.2, 0.25) is 0 Å². The fourth-order valence-corrected chi connectivity index (χ4v) is 1.66. The molecule has 6 N–H and O–H groups in total. The third kappa shape index (κ3) is 2.40. The molecule has 0 aliphatic carbocycles. The normalized spacial score (nSPS) is 33.0.